The minimum absolute atomic E-state index is 0.0310. The summed E-state index contributed by atoms with van der Waals surface area (Å²) in [7, 11) is -4.44. The van der Waals surface area contributed by atoms with Crippen LogP contribution >= 0.6 is 7.14 Å². The Kier molecular flexibility index (Phi) is 20.6. The molecule has 66 heavy (non-hydrogen) atoms. The molecule has 2 aliphatic rings. The molecule has 2 fully saturated rings. The van der Waals surface area contributed by atoms with Crippen molar-refractivity contribution in [2.45, 2.75) is 90.6 Å². The van der Waals surface area contributed by atoms with Crippen molar-refractivity contribution < 1.29 is 52.0 Å². The summed E-state index contributed by atoms with van der Waals surface area (Å²) in [5, 5.41) is 0.161. The van der Waals surface area contributed by atoms with Crippen molar-refractivity contribution >= 4 is 23.5 Å². The Balaban J connectivity index is 1.20. The Hall–Kier alpha value is -5.17. The number of carbonyl (C=O) groups excluding carboxylic acids is 2. The van der Waals surface area contributed by atoms with Gasteiger partial charge in [0.05, 0.1) is 37.6 Å². The van der Waals surface area contributed by atoms with Crippen LogP contribution in [-0.4, -0.2) is 102 Å². The maximum absolute atomic E-state index is 15.4. The molecular weight excluding hydrogens is 856 g/mol. The largest absolute Gasteiger partial charge is 0.491 e. The quantitative estimate of drug-likeness (QED) is 0.0466. The van der Waals surface area contributed by atoms with Crippen LogP contribution in [0.5, 0.6) is 11.5 Å². The second-order valence-corrected chi connectivity index (χ2v) is 19.5. The van der Waals surface area contributed by atoms with Crippen molar-refractivity contribution in [3.63, 3.8) is 0 Å². The van der Waals surface area contributed by atoms with Crippen molar-refractivity contribution in [1.29, 1.82) is 0 Å². The van der Waals surface area contributed by atoms with Gasteiger partial charge in [-0.25, -0.2) is 0 Å². The highest BCUT2D eigenvalue weighted by Gasteiger charge is 2.45. The summed E-state index contributed by atoms with van der Waals surface area (Å²) in [5.74, 6) is 11.6. The van der Waals surface area contributed by atoms with Gasteiger partial charge in [0.15, 0.2) is 0 Å². The molecule has 3 aromatic rings. The first-order chi connectivity index (χ1) is 31.9. The van der Waals surface area contributed by atoms with Gasteiger partial charge in [0.2, 0.25) is 18.2 Å². The molecule has 0 saturated heterocycles. The molecule has 0 heterocycles. The molecule has 0 amide bonds. The van der Waals surface area contributed by atoms with Crippen molar-refractivity contribution in [1.82, 2.24) is 0 Å². The minimum atomic E-state index is -4.44. The lowest BCUT2D eigenvalue weighted by molar-refractivity contribution is -0.0620. The molecule has 0 aliphatic heterocycles. The molecule has 0 N–H and O–H groups in total. The van der Waals surface area contributed by atoms with E-state index >= 15 is 4.57 Å². The van der Waals surface area contributed by atoms with E-state index in [9.17, 15) is 9.59 Å². The Morgan fingerprint density at radius 2 is 0.864 bits per heavy atom. The predicted octanol–water partition coefficient (Wildman–Crippen LogP) is 8.05. The SMILES string of the molecule is C#CCOC1CC(COCCOc2cc(C)c(C(=O)P(=O)(C(=O)c3c(C)cc(OCCOCC4CC(OCC#C)CC(OCC#C)C4)cc3C)c3ccccc3)c(C)c2)CC(OCC#C)C1. The summed E-state index contributed by atoms with van der Waals surface area (Å²) >= 11 is 0. The fourth-order valence-corrected chi connectivity index (χ4v) is 11.6. The maximum Gasteiger partial charge on any atom is 0.248 e. The van der Waals surface area contributed by atoms with Gasteiger partial charge >= 0.3 is 0 Å². The van der Waals surface area contributed by atoms with Crippen LogP contribution in [-0.2, 0) is 33.0 Å². The van der Waals surface area contributed by atoms with Gasteiger partial charge in [-0.05, 0) is 125 Å². The summed E-state index contributed by atoms with van der Waals surface area (Å²) in [6.45, 7) is 10.1. The van der Waals surface area contributed by atoms with Crippen molar-refractivity contribution in [2.24, 2.45) is 11.8 Å². The van der Waals surface area contributed by atoms with Crippen LogP contribution in [0, 0.1) is 88.9 Å². The molecule has 0 bridgehead atoms. The number of hydrogen-bond acceptors (Lipinski definition) is 11. The number of benzene rings is 3. The van der Waals surface area contributed by atoms with Crippen LogP contribution in [0.15, 0.2) is 54.6 Å². The predicted molar refractivity (Wildman–Crippen MR) is 256 cm³/mol. The third-order valence-corrected chi connectivity index (χ3v) is 14.5. The molecule has 11 nitrogen and oxygen atoms in total. The first-order valence-electron chi connectivity index (χ1n) is 22.5. The van der Waals surface area contributed by atoms with Gasteiger partial charge in [0.1, 0.15) is 51.1 Å². The molecule has 0 radical (unpaired) electrons. The summed E-state index contributed by atoms with van der Waals surface area (Å²) < 4.78 is 62.8. The van der Waals surface area contributed by atoms with Gasteiger partial charge in [-0.1, -0.05) is 54.0 Å². The van der Waals surface area contributed by atoms with Crippen molar-refractivity contribution in [2.75, 3.05) is 66.1 Å². The van der Waals surface area contributed by atoms with E-state index < -0.39 is 18.2 Å². The zero-order valence-corrected chi connectivity index (χ0v) is 39.6. The second-order valence-electron chi connectivity index (χ2n) is 17.0. The summed E-state index contributed by atoms with van der Waals surface area (Å²) in [4.78, 5) is 29.5. The average molecular weight is 919 g/mol. The summed E-state index contributed by atoms with van der Waals surface area (Å²) in [6, 6.07) is 15.2. The zero-order valence-electron chi connectivity index (χ0n) is 38.7. The number of aryl methyl sites for hydroxylation is 4. The molecule has 2 aliphatic carbocycles. The molecule has 4 atom stereocenters. The molecule has 0 spiro atoms. The Morgan fingerprint density at radius 3 is 1.18 bits per heavy atom. The molecule has 3 aromatic carbocycles. The van der Waals surface area contributed by atoms with Crippen LogP contribution in [0.3, 0.4) is 0 Å². The van der Waals surface area contributed by atoms with E-state index in [1.54, 1.807) is 82.3 Å². The molecule has 0 aromatic heterocycles. The van der Waals surface area contributed by atoms with E-state index in [2.05, 4.69) is 23.7 Å². The second kappa shape index (κ2) is 26.2. The first kappa shape index (κ1) is 51.8. The van der Waals surface area contributed by atoms with Gasteiger partial charge < -0.3 is 42.5 Å². The van der Waals surface area contributed by atoms with Crippen molar-refractivity contribution in [3.05, 3.63) is 88.0 Å². The average Bonchev–Trinajstić information content (AvgIpc) is 3.30. The maximum atomic E-state index is 15.4. The van der Waals surface area contributed by atoms with Gasteiger partial charge in [-0.15, -0.1) is 25.7 Å². The summed E-state index contributed by atoms with van der Waals surface area (Å²) in [6.07, 6.45) is 26.2. The van der Waals surface area contributed by atoms with E-state index in [4.69, 9.17) is 63.6 Å². The lowest BCUT2D eigenvalue weighted by Crippen LogP contribution is -2.35. The fourth-order valence-electron chi connectivity index (χ4n) is 9.04. The highest BCUT2D eigenvalue weighted by molar-refractivity contribution is 8.01. The van der Waals surface area contributed by atoms with E-state index in [0.717, 1.165) is 38.5 Å². The van der Waals surface area contributed by atoms with Crippen LogP contribution < -0.4 is 14.8 Å². The van der Waals surface area contributed by atoms with E-state index in [1.165, 1.54) is 0 Å². The molecule has 4 unspecified atom stereocenters. The molecule has 2 saturated carbocycles. The van der Waals surface area contributed by atoms with Crippen LogP contribution in [0.1, 0.15) is 81.5 Å². The minimum Gasteiger partial charge on any atom is -0.491 e. The highest BCUT2D eigenvalue weighted by atomic mass is 31.2. The van der Waals surface area contributed by atoms with Gasteiger partial charge in [-0.3, -0.25) is 9.59 Å². The van der Waals surface area contributed by atoms with Crippen LogP contribution in [0.4, 0.5) is 0 Å². The molecular formula is C54H63O11P. The van der Waals surface area contributed by atoms with Gasteiger partial charge in [0.25, 0.3) is 0 Å². The van der Waals surface area contributed by atoms with Crippen LogP contribution in [0.25, 0.3) is 0 Å². The molecule has 350 valence electrons. The molecule has 12 heteroatoms. The van der Waals surface area contributed by atoms with Gasteiger partial charge in [0, 0.05) is 29.6 Å². The molecule has 5 rings (SSSR count). The number of hydrogen-bond donors (Lipinski definition) is 0. The number of terminal acetylenes is 4. The Bertz CT molecular complexity index is 2070. The Morgan fingerprint density at radius 1 is 0.530 bits per heavy atom. The van der Waals surface area contributed by atoms with Gasteiger partial charge in [-0.2, -0.15) is 0 Å². The topological polar surface area (TPSA) is 125 Å². The monoisotopic (exact) mass is 918 g/mol. The smallest absolute Gasteiger partial charge is 0.248 e. The van der Waals surface area contributed by atoms with E-state index in [1.807, 2.05) is 0 Å². The highest BCUT2D eigenvalue weighted by Crippen LogP contribution is 2.53. The lowest BCUT2D eigenvalue weighted by atomic mass is 9.85. The third kappa shape index (κ3) is 14.4. The van der Waals surface area contributed by atoms with E-state index in [-0.39, 0.29) is 92.3 Å². The number of rotatable bonds is 25. The fraction of sp³-hybridized carbons (Fsp3) is 0.481. The Labute approximate surface area is 391 Å². The normalized spacial score (nSPS) is 21.3. The van der Waals surface area contributed by atoms with Crippen LogP contribution in [0.2, 0.25) is 0 Å². The summed E-state index contributed by atoms with van der Waals surface area (Å²) in [5.41, 5.74) is 1.11. The first-order valence-corrected chi connectivity index (χ1v) is 24.2. The number of carbonyl (C=O) groups is 2. The van der Waals surface area contributed by atoms with E-state index in [0.29, 0.717) is 60.2 Å². The third-order valence-electron chi connectivity index (χ3n) is 11.9. The number of ether oxygens (including phenoxy) is 8. The zero-order chi connectivity index (χ0) is 47.5. The lowest BCUT2D eigenvalue weighted by Gasteiger charge is -2.34. The van der Waals surface area contributed by atoms with Crippen molar-refractivity contribution in [3.8, 4) is 60.9 Å². The standard InChI is InChI=1S/C54H63O11P/c1-9-18-60-46-30-42(31-47(34-46)61-19-10-2)36-58-22-24-64-44-26-38(5)51(39(6)27-44)53(55)66(57,50-16-14-13-15-17-50)54(56)52-40(7)28-45(29-41(52)8)65-25-23-59-37-43-32-48(62-20-11-3)35-49(33-43)63-21-12-4/h1-4,13-17,26-29,42-43,46-49H,18-25,30-37H2,5-8H3.